The molecule has 0 radical (unpaired) electrons. The molecule has 25 heavy (non-hydrogen) atoms. The Hall–Kier alpha value is -1.70. The lowest BCUT2D eigenvalue weighted by Gasteiger charge is -2.26. The Kier molecular flexibility index (Phi) is 5.88. The zero-order valence-electron chi connectivity index (χ0n) is 14.9. The predicted molar refractivity (Wildman–Crippen MR) is 102 cm³/mol. The molecule has 0 aromatic carbocycles. The standard InChI is InChI=1S/C18H26N4O2S/c1-3-5-22(24-4-2)18(23)13-7-16-15(21-17(19)8-13)9-14(25-16)6-12-10-20-11-12/h7,9,12,20H,3-6,8,10-11H2,1-2H3,(H2,19,21). The zero-order chi connectivity index (χ0) is 17.8. The van der Waals surface area contributed by atoms with Crippen molar-refractivity contribution in [1.82, 2.24) is 10.4 Å². The van der Waals surface area contributed by atoms with Crippen LogP contribution in [0.25, 0.3) is 6.08 Å². The molecular formula is C18H26N4O2S. The van der Waals surface area contributed by atoms with Crippen LogP contribution in [0.5, 0.6) is 0 Å². The molecule has 3 rings (SSSR count). The van der Waals surface area contributed by atoms with Crippen molar-refractivity contribution in [2.45, 2.75) is 33.1 Å². The van der Waals surface area contributed by atoms with Gasteiger partial charge in [0.2, 0.25) is 0 Å². The van der Waals surface area contributed by atoms with Gasteiger partial charge in [0.1, 0.15) is 5.84 Å². The molecule has 1 saturated heterocycles. The van der Waals surface area contributed by atoms with Gasteiger partial charge in [0.15, 0.2) is 0 Å². The molecule has 6 nitrogen and oxygen atoms in total. The maximum absolute atomic E-state index is 12.8. The minimum absolute atomic E-state index is 0.118. The second-order valence-corrected chi connectivity index (χ2v) is 7.63. The summed E-state index contributed by atoms with van der Waals surface area (Å²) in [6.45, 7) is 7.09. The number of rotatable bonds is 7. The van der Waals surface area contributed by atoms with Crippen LogP contribution in [0.15, 0.2) is 16.6 Å². The molecule has 0 atom stereocenters. The molecule has 2 aliphatic rings. The normalized spacial score (nSPS) is 17.2. The molecule has 0 spiro atoms. The van der Waals surface area contributed by atoms with Crippen LogP contribution in [0, 0.1) is 5.92 Å². The molecule has 0 bridgehead atoms. The Morgan fingerprint density at radius 3 is 2.92 bits per heavy atom. The minimum Gasteiger partial charge on any atom is -0.387 e. The Labute approximate surface area is 152 Å². The van der Waals surface area contributed by atoms with E-state index in [1.54, 1.807) is 11.3 Å². The smallest absolute Gasteiger partial charge is 0.273 e. The maximum Gasteiger partial charge on any atom is 0.273 e. The van der Waals surface area contributed by atoms with Gasteiger partial charge in [0.05, 0.1) is 17.2 Å². The van der Waals surface area contributed by atoms with E-state index in [2.05, 4.69) is 16.4 Å². The third-order valence-electron chi connectivity index (χ3n) is 4.30. The van der Waals surface area contributed by atoms with Crippen molar-refractivity contribution >= 4 is 34.8 Å². The van der Waals surface area contributed by atoms with Crippen LogP contribution < -0.4 is 11.1 Å². The van der Waals surface area contributed by atoms with Crippen molar-refractivity contribution in [3.05, 3.63) is 21.4 Å². The predicted octanol–water partition coefficient (Wildman–Crippen LogP) is 2.48. The molecule has 1 aromatic heterocycles. The van der Waals surface area contributed by atoms with E-state index in [0.717, 1.165) is 36.5 Å². The highest BCUT2D eigenvalue weighted by molar-refractivity contribution is 7.13. The number of nitrogens with two attached hydrogens (primary N) is 1. The van der Waals surface area contributed by atoms with Crippen molar-refractivity contribution in [3.8, 4) is 0 Å². The van der Waals surface area contributed by atoms with Crippen LogP contribution in [0.4, 0.5) is 5.69 Å². The first-order valence-electron chi connectivity index (χ1n) is 8.92. The second-order valence-electron chi connectivity index (χ2n) is 6.47. The number of amidine groups is 1. The van der Waals surface area contributed by atoms with E-state index in [1.807, 2.05) is 19.9 Å². The van der Waals surface area contributed by atoms with Crippen molar-refractivity contribution < 1.29 is 9.63 Å². The number of thiophene rings is 1. The van der Waals surface area contributed by atoms with Gasteiger partial charge in [0.25, 0.3) is 5.91 Å². The number of carbonyl (C=O) groups excluding carboxylic acids is 1. The molecule has 2 aliphatic heterocycles. The van der Waals surface area contributed by atoms with Gasteiger partial charge in [0, 0.05) is 23.4 Å². The minimum atomic E-state index is -0.118. The van der Waals surface area contributed by atoms with Crippen molar-refractivity contribution in [2.24, 2.45) is 16.6 Å². The lowest BCUT2D eigenvalue weighted by atomic mass is 9.98. The molecule has 136 valence electrons. The SMILES string of the molecule is CCCN(OCC)C(=O)C1=Cc2sc(CC3CNC3)cc2N=C(N)C1. The van der Waals surface area contributed by atoms with Crippen LogP contribution in [0.1, 0.15) is 36.4 Å². The summed E-state index contributed by atoms with van der Waals surface area (Å²) in [4.78, 5) is 25.2. The Balaban J connectivity index is 1.84. The van der Waals surface area contributed by atoms with Crippen LogP contribution in [-0.4, -0.2) is 43.0 Å². The maximum atomic E-state index is 12.8. The highest BCUT2D eigenvalue weighted by Gasteiger charge is 2.24. The topological polar surface area (TPSA) is 80.0 Å². The molecule has 3 heterocycles. The number of hydrogen-bond donors (Lipinski definition) is 2. The summed E-state index contributed by atoms with van der Waals surface area (Å²) >= 11 is 1.71. The molecule has 1 amide bonds. The van der Waals surface area contributed by atoms with Gasteiger partial charge in [-0.2, -0.15) is 0 Å². The van der Waals surface area contributed by atoms with Gasteiger partial charge < -0.3 is 11.1 Å². The van der Waals surface area contributed by atoms with Gasteiger partial charge in [-0.05, 0) is 50.9 Å². The van der Waals surface area contributed by atoms with Gasteiger partial charge >= 0.3 is 0 Å². The monoisotopic (exact) mass is 362 g/mol. The summed E-state index contributed by atoms with van der Waals surface area (Å²) in [7, 11) is 0. The van der Waals surface area contributed by atoms with Crippen molar-refractivity contribution in [3.63, 3.8) is 0 Å². The Bertz CT molecular complexity index is 685. The number of nitrogens with zero attached hydrogens (tertiary/aromatic N) is 2. The van der Waals surface area contributed by atoms with Crippen LogP contribution in [-0.2, 0) is 16.1 Å². The largest absolute Gasteiger partial charge is 0.387 e. The number of fused-ring (bicyclic) bond motifs is 1. The highest BCUT2D eigenvalue weighted by atomic mass is 32.1. The van der Waals surface area contributed by atoms with E-state index < -0.39 is 0 Å². The summed E-state index contributed by atoms with van der Waals surface area (Å²) in [5, 5.41) is 4.74. The fraction of sp³-hybridized carbons (Fsp3) is 0.556. The average molecular weight is 362 g/mol. The summed E-state index contributed by atoms with van der Waals surface area (Å²) < 4.78 is 0. The first kappa shape index (κ1) is 18.1. The van der Waals surface area contributed by atoms with E-state index in [0.29, 0.717) is 36.9 Å². The molecule has 0 unspecified atom stereocenters. The molecule has 7 heteroatoms. The van der Waals surface area contributed by atoms with E-state index in [9.17, 15) is 4.79 Å². The average Bonchev–Trinajstić information content (AvgIpc) is 2.83. The quantitative estimate of drug-likeness (QED) is 0.730. The van der Waals surface area contributed by atoms with E-state index >= 15 is 0 Å². The van der Waals surface area contributed by atoms with Crippen LogP contribution >= 0.6 is 11.3 Å². The molecule has 1 fully saturated rings. The molecule has 0 saturated carbocycles. The number of aliphatic imine (C=N–C) groups is 1. The van der Waals surface area contributed by atoms with Gasteiger partial charge in [-0.3, -0.25) is 9.63 Å². The lowest BCUT2D eigenvalue weighted by Crippen LogP contribution is -2.42. The summed E-state index contributed by atoms with van der Waals surface area (Å²) in [5.41, 5.74) is 7.59. The molecular weight excluding hydrogens is 336 g/mol. The van der Waals surface area contributed by atoms with Gasteiger partial charge in [-0.1, -0.05) is 6.92 Å². The fourth-order valence-corrected chi connectivity index (χ4v) is 4.18. The summed E-state index contributed by atoms with van der Waals surface area (Å²) in [6, 6.07) is 2.11. The van der Waals surface area contributed by atoms with Crippen LogP contribution in [0.2, 0.25) is 0 Å². The van der Waals surface area contributed by atoms with Crippen molar-refractivity contribution in [2.75, 3.05) is 26.2 Å². The highest BCUT2D eigenvalue weighted by Crippen LogP contribution is 2.36. The number of hydroxylamine groups is 2. The van der Waals surface area contributed by atoms with E-state index in [4.69, 9.17) is 10.6 Å². The molecule has 0 aliphatic carbocycles. The van der Waals surface area contributed by atoms with E-state index in [-0.39, 0.29) is 5.91 Å². The number of carbonyl (C=O) groups is 1. The first-order chi connectivity index (χ1) is 12.1. The third kappa shape index (κ3) is 4.29. The van der Waals surface area contributed by atoms with Crippen LogP contribution in [0.3, 0.4) is 0 Å². The summed E-state index contributed by atoms with van der Waals surface area (Å²) in [5.74, 6) is 1.06. The molecule has 1 aromatic rings. The van der Waals surface area contributed by atoms with Gasteiger partial charge in [-0.15, -0.1) is 11.3 Å². The van der Waals surface area contributed by atoms with Crippen molar-refractivity contribution in [1.29, 1.82) is 0 Å². The fourth-order valence-electron chi connectivity index (χ4n) is 3.00. The second kappa shape index (κ2) is 8.12. The van der Waals surface area contributed by atoms with E-state index in [1.165, 1.54) is 9.94 Å². The zero-order valence-corrected chi connectivity index (χ0v) is 15.7. The number of nitrogens with one attached hydrogen (secondary N) is 1. The van der Waals surface area contributed by atoms with Gasteiger partial charge in [-0.25, -0.2) is 10.1 Å². The molecule has 3 N–H and O–H groups in total. The number of amides is 1. The Morgan fingerprint density at radius 2 is 2.28 bits per heavy atom. The Morgan fingerprint density at radius 1 is 1.48 bits per heavy atom. The lowest BCUT2D eigenvalue weighted by molar-refractivity contribution is -0.180. The third-order valence-corrected chi connectivity index (χ3v) is 5.39. The number of hydrogen-bond acceptors (Lipinski definition) is 6. The summed E-state index contributed by atoms with van der Waals surface area (Å²) in [6.07, 6.45) is 4.19. The first-order valence-corrected chi connectivity index (χ1v) is 9.74.